The number of hydrogen-bond acceptors (Lipinski definition) is 6. The summed E-state index contributed by atoms with van der Waals surface area (Å²) in [5, 5.41) is 4.22. The Labute approximate surface area is 234 Å². The van der Waals surface area contributed by atoms with E-state index in [4.69, 9.17) is 14.7 Å². The zero-order valence-electron chi connectivity index (χ0n) is 22.4. The molecule has 0 spiro atoms. The summed E-state index contributed by atoms with van der Waals surface area (Å²) in [6, 6.07) is 21.4. The van der Waals surface area contributed by atoms with Crippen molar-refractivity contribution in [2.75, 3.05) is 12.4 Å². The summed E-state index contributed by atoms with van der Waals surface area (Å²) < 4.78 is 49.9. The van der Waals surface area contributed by atoms with Gasteiger partial charge in [0.1, 0.15) is 11.4 Å². The minimum Gasteiger partial charge on any atom is -0.480 e. The highest BCUT2D eigenvalue weighted by Gasteiger charge is 2.31. The Morgan fingerprint density at radius 3 is 2.46 bits per heavy atom. The van der Waals surface area contributed by atoms with E-state index in [1.165, 1.54) is 18.6 Å². The fourth-order valence-corrected chi connectivity index (χ4v) is 5.32. The lowest BCUT2D eigenvalue weighted by atomic mass is 9.96. The first-order valence-corrected chi connectivity index (χ1v) is 13.5. The van der Waals surface area contributed by atoms with Gasteiger partial charge in [-0.05, 0) is 73.5 Å². The van der Waals surface area contributed by atoms with Crippen molar-refractivity contribution in [2.45, 2.75) is 44.5 Å². The molecule has 1 saturated carbocycles. The van der Waals surface area contributed by atoms with Crippen molar-refractivity contribution in [2.24, 2.45) is 4.99 Å². The Hall–Kier alpha value is -4.60. The number of anilines is 2. The highest BCUT2D eigenvalue weighted by atomic mass is 19.4. The molecule has 2 heterocycles. The first kappa shape index (κ1) is 26.6. The van der Waals surface area contributed by atoms with Gasteiger partial charge in [-0.25, -0.2) is 9.97 Å². The van der Waals surface area contributed by atoms with Crippen molar-refractivity contribution in [1.82, 2.24) is 14.5 Å². The fourth-order valence-electron chi connectivity index (χ4n) is 5.32. The molecule has 2 aliphatic carbocycles. The molecule has 3 aliphatic rings. The highest BCUT2D eigenvalue weighted by molar-refractivity contribution is 5.84. The summed E-state index contributed by atoms with van der Waals surface area (Å²) in [5.74, 6) is 0.174. The summed E-state index contributed by atoms with van der Waals surface area (Å²) in [7, 11) is 1.57. The van der Waals surface area contributed by atoms with E-state index in [-0.39, 0.29) is 11.8 Å². The molecule has 7 nitrogen and oxygen atoms in total. The number of benzene rings is 3. The molecule has 6 rings (SSSR count). The maximum atomic E-state index is 12.8. The van der Waals surface area contributed by atoms with Gasteiger partial charge in [0.15, 0.2) is 0 Å². The van der Waals surface area contributed by atoms with Crippen LogP contribution in [0.3, 0.4) is 0 Å². The van der Waals surface area contributed by atoms with Crippen LogP contribution in [0.15, 0.2) is 84.0 Å². The van der Waals surface area contributed by atoms with Gasteiger partial charge < -0.3 is 19.4 Å². The lowest BCUT2D eigenvalue weighted by Gasteiger charge is -2.22. The van der Waals surface area contributed by atoms with Crippen molar-refractivity contribution in [3.05, 3.63) is 84.4 Å². The Morgan fingerprint density at radius 1 is 0.927 bits per heavy atom. The van der Waals surface area contributed by atoms with Gasteiger partial charge in [0.05, 0.1) is 46.6 Å². The van der Waals surface area contributed by atoms with Crippen molar-refractivity contribution in [1.29, 1.82) is 0 Å². The molecular weight excluding hydrogens is 531 g/mol. The molecule has 1 fully saturated rings. The molecule has 41 heavy (non-hydrogen) atoms. The van der Waals surface area contributed by atoms with Gasteiger partial charge in [-0.3, -0.25) is 4.99 Å². The van der Waals surface area contributed by atoms with Crippen LogP contribution in [-0.4, -0.2) is 34.0 Å². The van der Waals surface area contributed by atoms with Crippen molar-refractivity contribution < 1.29 is 22.6 Å². The van der Waals surface area contributed by atoms with E-state index < -0.39 is 6.36 Å². The number of rotatable bonds is 6. The number of nitrogens with one attached hydrogen (secondary N) is 1. The van der Waals surface area contributed by atoms with Crippen LogP contribution in [0.5, 0.6) is 11.6 Å². The minimum atomic E-state index is -4.76. The van der Waals surface area contributed by atoms with E-state index >= 15 is 0 Å². The van der Waals surface area contributed by atoms with Crippen molar-refractivity contribution >= 4 is 22.4 Å². The van der Waals surface area contributed by atoms with Crippen LogP contribution in [0.1, 0.15) is 32.1 Å². The van der Waals surface area contributed by atoms with Gasteiger partial charge in [-0.2, -0.15) is 0 Å². The largest absolute Gasteiger partial charge is 0.573 e. The lowest BCUT2D eigenvalue weighted by Crippen LogP contribution is -2.19. The predicted molar refractivity (Wildman–Crippen MR) is 151 cm³/mol. The number of aromatic nitrogens is 3. The molecule has 3 aromatic rings. The predicted octanol–water partition coefficient (Wildman–Crippen LogP) is 7.41. The Balaban J connectivity index is 1.56. The van der Waals surface area contributed by atoms with Crippen LogP contribution >= 0.6 is 0 Å². The van der Waals surface area contributed by atoms with E-state index in [0.717, 1.165) is 53.5 Å². The molecule has 210 valence electrons. The molecule has 1 aromatic heterocycles. The third-order valence-corrected chi connectivity index (χ3v) is 7.16. The standard InChI is InChI=1S/C31H28F3N5O2/c1-40-30-24(11-7-17-35-30)38-25-18-27-29(19-26(25)36-20-8-3-2-4-9-20)39(28-12-6-5-10-23(28)37-27)21-13-15-22(16-14-21)41-31(32,33)34/h5-7,10-20,38H,2-4,8-9H2,1H3. The summed E-state index contributed by atoms with van der Waals surface area (Å²) in [4.78, 5) is 14.4. The minimum absolute atomic E-state index is 0.193. The second-order valence-corrected chi connectivity index (χ2v) is 9.94. The normalized spacial score (nSPS) is 14.9. The molecule has 0 saturated heterocycles. The smallest absolute Gasteiger partial charge is 0.480 e. The Bertz CT molecular complexity index is 1710. The van der Waals surface area contributed by atoms with E-state index in [9.17, 15) is 13.2 Å². The van der Waals surface area contributed by atoms with Gasteiger partial charge in [0.25, 0.3) is 0 Å². The third kappa shape index (κ3) is 5.82. The number of halogens is 3. The molecule has 0 bridgehead atoms. The number of ether oxygens (including phenoxy) is 2. The molecule has 0 radical (unpaired) electrons. The van der Waals surface area contributed by atoms with E-state index in [0.29, 0.717) is 22.9 Å². The van der Waals surface area contributed by atoms with E-state index in [2.05, 4.69) is 15.0 Å². The van der Waals surface area contributed by atoms with Gasteiger partial charge in [-0.15, -0.1) is 13.2 Å². The highest BCUT2D eigenvalue weighted by Crippen LogP contribution is 2.33. The Morgan fingerprint density at radius 2 is 1.71 bits per heavy atom. The summed E-state index contributed by atoms with van der Waals surface area (Å²) in [6.45, 7) is 0. The maximum absolute atomic E-state index is 12.8. The molecule has 1 aliphatic heterocycles. The zero-order chi connectivity index (χ0) is 28.4. The number of pyridine rings is 1. The molecular formula is C31H28F3N5O2. The second-order valence-electron chi connectivity index (χ2n) is 9.94. The van der Waals surface area contributed by atoms with Crippen LogP contribution in [0, 0.1) is 0 Å². The van der Waals surface area contributed by atoms with Crippen LogP contribution < -0.4 is 20.1 Å². The van der Waals surface area contributed by atoms with Crippen LogP contribution in [-0.2, 0) is 0 Å². The SMILES string of the molecule is COc1ncccc1Nc1cc2nc3ccccc3n(-c3ccc(OC(F)(F)F)cc3)c-2cc1=NC1CCCCC1. The average Bonchev–Trinajstić information content (AvgIpc) is 2.97. The van der Waals surface area contributed by atoms with Gasteiger partial charge in [0, 0.05) is 11.9 Å². The van der Waals surface area contributed by atoms with Crippen LogP contribution in [0.2, 0.25) is 0 Å². The first-order chi connectivity index (χ1) is 19.9. The summed E-state index contributed by atoms with van der Waals surface area (Å²) in [5.41, 5.74) is 5.13. The lowest BCUT2D eigenvalue weighted by molar-refractivity contribution is -0.274. The fraction of sp³-hybridized carbons (Fsp3) is 0.258. The first-order valence-electron chi connectivity index (χ1n) is 13.5. The van der Waals surface area contributed by atoms with E-state index in [1.807, 2.05) is 53.1 Å². The number of para-hydroxylation sites is 2. The van der Waals surface area contributed by atoms with Crippen LogP contribution in [0.4, 0.5) is 24.5 Å². The molecule has 2 aromatic carbocycles. The Kier molecular flexibility index (Phi) is 7.21. The maximum Gasteiger partial charge on any atom is 0.573 e. The molecule has 1 N–H and O–H groups in total. The topological polar surface area (TPSA) is 73.6 Å². The number of alkyl halides is 3. The molecule has 0 unspecified atom stereocenters. The molecule has 10 heteroatoms. The number of fused-ring (bicyclic) bond motifs is 2. The summed E-state index contributed by atoms with van der Waals surface area (Å²) >= 11 is 0. The van der Waals surface area contributed by atoms with Crippen molar-refractivity contribution in [3.8, 4) is 28.7 Å². The monoisotopic (exact) mass is 559 g/mol. The number of methoxy groups -OCH3 is 1. The van der Waals surface area contributed by atoms with Crippen molar-refractivity contribution in [3.63, 3.8) is 0 Å². The second kappa shape index (κ2) is 11.1. The quantitative estimate of drug-likeness (QED) is 0.219. The van der Waals surface area contributed by atoms with Gasteiger partial charge in [-0.1, -0.05) is 31.4 Å². The zero-order valence-corrected chi connectivity index (χ0v) is 22.4. The molecule has 0 amide bonds. The average molecular weight is 560 g/mol. The third-order valence-electron chi connectivity index (χ3n) is 7.16. The van der Waals surface area contributed by atoms with Gasteiger partial charge in [0.2, 0.25) is 5.88 Å². The summed E-state index contributed by atoms with van der Waals surface area (Å²) in [6.07, 6.45) is 2.43. The molecule has 0 atom stereocenters. The van der Waals surface area contributed by atoms with Gasteiger partial charge >= 0.3 is 6.36 Å². The van der Waals surface area contributed by atoms with Crippen LogP contribution in [0.25, 0.3) is 28.1 Å². The number of hydrogen-bond donors (Lipinski definition) is 1. The number of nitrogens with zero attached hydrogens (tertiary/aromatic N) is 4. The van der Waals surface area contributed by atoms with E-state index in [1.54, 1.807) is 25.4 Å².